The molecule has 3 nitrogen and oxygen atoms in total. The molecule has 1 aliphatic rings. The fourth-order valence-corrected chi connectivity index (χ4v) is 1.96. The minimum Gasteiger partial charge on any atom is -0.341 e. The number of carbonyl (C=O) groups is 1. The van der Waals surface area contributed by atoms with E-state index in [1.807, 2.05) is 11.8 Å². The van der Waals surface area contributed by atoms with Crippen LogP contribution >= 0.6 is 11.8 Å². The molecule has 0 aromatic heterocycles. The summed E-state index contributed by atoms with van der Waals surface area (Å²) in [6, 6.07) is 0. The molecule has 1 aliphatic heterocycles. The average Bonchev–Trinajstić information content (AvgIpc) is 2.07. The van der Waals surface area contributed by atoms with Crippen molar-refractivity contribution in [3.05, 3.63) is 0 Å². The number of nitrogens with zero attached hydrogens (tertiary/aromatic N) is 1. The molecule has 0 aromatic rings. The highest BCUT2D eigenvalue weighted by atomic mass is 32.2. The van der Waals surface area contributed by atoms with Crippen LogP contribution in [0.3, 0.4) is 0 Å². The smallest absolute Gasteiger partial charge is 0.225 e. The van der Waals surface area contributed by atoms with Gasteiger partial charge in [-0.25, -0.2) is 5.11 Å². The summed E-state index contributed by atoms with van der Waals surface area (Å²) >= 11 is 1.86. The van der Waals surface area contributed by atoms with Crippen LogP contribution in [-0.2, 0) is 9.90 Å². The standard InChI is InChI=1S/C7H12NO2S/c9-4-1-7(10)8-2-5-11-6-3-8/h1-6H2. The zero-order valence-corrected chi connectivity index (χ0v) is 7.23. The summed E-state index contributed by atoms with van der Waals surface area (Å²) in [4.78, 5) is 12.9. The number of carbonyl (C=O) groups excluding carboxylic acids is 1. The van der Waals surface area contributed by atoms with E-state index < -0.39 is 0 Å². The number of hydrogen-bond donors (Lipinski definition) is 0. The van der Waals surface area contributed by atoms with Crippen molar-refractivity contribution >= 4 is 17.7 Å². The van der Waals surface area contributed by atoms with Crippen LogP contribution in [0.4, 0.5) is 0 Å². The van der Waals surface area contributed by atoms with E-state index in [2.05, 4.69) is 0 Å². The Balaban J connectivity index is 2.27. The Morgan fingerprint density at radius 2 is 2.00 bits per heavy atom. The van der Waals surface area contributed by atoms with Gasteiger partial charge in [-0.1, -0.05) is 0 Å². The monoisotopic (exact) mass is 174 g/mol. The molecule has 0 aliphatic carbocycles. The molecule has 4 heteroatoms. The van der Waals surface area contributed by atoms with Crippen molar-refractivity contribution in [1.29, 1.82) is 0 Å². The van der Waals surface area contributed by atoms with E-state index in [0.29, 0.717) is 0 Å². The molecule has 1 rings (SSSR count). The highest BCUT2D eigenvalue weighted by Gasteiger charge is 2.15. The first kappa shape index (κ1) is 8.87. The van der Waals surface area contributed by atoms with Crippen molar-refractivity contribution in [3.8, 4) is 0 Å². The van der Waals surface area contributed by atoms with E-state index in [1.165, 1.54) is 0 Å². The van der Waals surface area contributed by atoms with Gasteiger partial charge < -0.3 is 4.90 Å². The van der Waals surface area contributed by atoms with Crippen LogP contribution < -0.4 is 0 Å². The summed E-state index contributed by atoms with van der Waals surface area (Å²) in [5.41, 5.74) is 0. The molecular weight excluding hydrogens is 162 g/mol. The number of amides is 1. The quantitative estimate of drug-likeness (QED) is 0.607. The fraction of sp³-hybridized carbons (Fsp3) is 0.857. The van der Waals surface area contributed by atoms with Crippen molar-refractivity contribution in [2.75, 3.05) is 31.2 Å². The molecule has 1 fully saturated rings. The topological polar surface area (TPSA) is 40.2 Å². The molecule has 11 heavy (non-hydrogen) atoms. The normalized spacial score (nSPS) is 18.5. The predicted octanol–water partition coefficient (Wildman–Crippen LogP) is 0.382. The summed E-state index contributed by atoms with van der Waals surface area (Å²) < 4.78 is 0. The van der Waals surface area contributed by atoms with Gasteiger partial charge >= 0.3 is 0 Å². The van der Waals surface area contributed by atoms with E-state index in [-0.39, 0.29) is 18.9 Å². The van der Waals surface area contributed by atoms with Crippen molar-refractivity contribution in [3.63, 3.8) is 0 Å². The van der Waals surface area contributed by atoms with Crippen molar-refractivity contribution in [2.45, 2.75) is 6.42 Å². The zero-order valence-electron chi connectivity index (χ0n) is 6.41. The van der Waals surface area contributed by atoms with Crippen LogP contribution in [0.15, 0.2) is 0 Å². The van der Waals surface area contributed by atoms with Crippen LogP contribution in [0, 0.1) is 0 Å². The van der Waals surface area contributed by atoms with E-state index in [4.69, 9.17) is 0 Å². The summed E-state index contributed by atoms with van der Waals surface area (Å²) in [6.07, 6.45) is 0.171. The number of hydrogen-bond acceptors (Lipinski definition) is 2. The van der Waals surface area contributed by atoms with Gasteiger partial charge in [0.15, 0.2) is 0 Å². The van der Waals surface area contributed by atoms with E-state index in [1.54, 1.807) is 4.90 Å². The second-order valence-corrected chi connectivity index (χ2v) is 3.67. The maximum Gasteiger partial charge on any atom is 0.225 e. The molecule has 0 saturated carbocycles. The minimum atomic E-state index is -0.275. The highest BCUT2D eigenvalue weighted by molar-refractivity contribution is 7.99. The second-order valence-electron chi connectivity index (χ2n) is 2.45. The first-order valence-electron chi connectivity index (χ1n) is 3.78. The summed E-state index contributed by atoms with van der Waals surface area (Å²) in [5, 5.41) is 10.1. The molecule has 63 valence electrons. The van der Waals surface area contributed by atoms with Crippen LogP contribution in [0.25, 0.3) is 0 Å². The lowest BCUT2D eigenvalue weighted by Gasteiger charge is -2.25. The van der Waals surface area contributed by atoms with Crippen LogP contribution in [0.5, 0.6) is 0 Å². The van der Waals surface area contributed by atoms with Gasteiger partial charge in [-0.3, -0.25) is 4.79 Å². The zero-order chi connectivity index (χ0) is 8.10. The lowest BCUT2D eigenvalue weighted by Crippen LogP contribution is -2.38. The largest absolute Gasteiger partial charge is 0.341 e. The Morgan fingerprint density at radius 1 is 1.36 bits per heavy atom. The van der Waals surface area contributed by atoms with Gasteiger partial charge in [0.1, 0.15) is 0 Å². The lowest BCUT2D eigenvalue weighted by atomic mass is 10.3. The van der Waals surface area contributed by atoms with Crippen LogP contribution in [-0.4, -0.2) is 42.0 Å². The van der Waals surface area contributed by atoms with Crippen LogP contribution in [0.2, 0.25) is 0 Å². The first-order valence-corrected chi connectivity index (χ1v) is 4.93. The van der Waals surface area contributed by atoms with E-state index >= 15 is 0 Å². The highest BCUT2D eigenvalue weighted by Crippen LogP contribution is 2.09. The van der Waals surface area contributed by atoms with Gasteiger partial charge in [0.25, 0.3) is 0 Å². The Morgan fingerprint density at radius 3 is 2.55 bits per heavy atom. The maximum absolute atomic E-state index is 11.1. The van der Waals surface area contributed by atoms with Crippen LogP contribution in [0.1, 0.15) is 6.42 Å². The van der Waals surface area contributed by atoms with Gasteiger partial charge in [-0.05, 0) is 0 Å². The fourth-order valence-electron chi connectivity index (χ4n) is 1.06. The van der Waals surface area contributed by atoms with Crippen molar-refractivity contribution in [1.82, 2.24) is 4.90 Å². The number of rotatable bonds is 2. The molecule has 0 unspecified atom stereocenters. The molecule has 0 N–H and O–H groups in total. The third-order valence-corrected chi connectivity index (χ3v) is 2.62. The lowest BCUT2D eigenvalue weighted by molar-refractivity contribution is -0.131. The molecule has 1 radical (unpaired) electrons. The third-order valence-electron chi connectivity index (χ3n) is 1.68. The first-order chi connectivity index (χ1) is 5.34. The average molecular weight is 174 g/mol. The molecule has 0 spiro atoms. The molecule has 1 heterocycles. The van der Waals surface area contributed by atoms with Gasteiger partial charge in [-0.2, -0.15) is 11.8 Å². The molecular formula is C7H12NO2S. The summed E-state index contributed by atoms with van der Waals surface area (Å²) in [5.74, 6) is 2.06. The maximum atomic E-state index is 11.1. The number of thioether (sulfide) groups is 1. The minimum absolute atomic E-state index is 0.0281. The second kappa shape index (κ2) is 4.62. The van der Waals surface area contributed by atoms with Gasteiger partial charge in [0, 0.05) is 24.6 Å². The molecule has 1 amide bonds. The Kier molecular flexibility index (Phi) is 3.72. The van der Waals surface area contributed by atoms with Gasteiger partial charge in [0.2, 0.25) is 5.91 Å². The van der Waals surface area contributed by atoms with Gasteiger partial charge in [0.05, 0.1) is 13.0 Å². The summed E-state index contributed by atoms with van der Waals surface area (Å²) in [6.45, 7) is 1.37. The summed E-state index contributed by atoms with van der Waals surface area (Å²) in [7, 11) is 0. The van der Waals surface area contributed by atoms with Gasteiger partial charge in [-0.15, -0.1) is 0 Å². The molecule has 0 atom stereocenters. The van der Waals surface area contributed by atoms with Crippen molar-refractivity contribution < 1.29 is 9.90 Å². The van der Waals surface area contributed by atoms with Crippen molar-refractivity contribution in [2.24, 2.45) is 0 Å². The SMILES string of the molecule is [O]CCC(=O)N1CCSCC1. The molecule has 0 aromatic carbocycles. The Labute approximate surface area is 70.8 Å². The Hall–Kier alpha value is -0.220. The molecule has 1 saturated heterocycles. The predicted molar refractivity (Wildman–Crippen MR) is 44.1 cm³/mol. The van der Waals surface area contributed by atoms with E-state index in [0.717, 1.165) is 24.6 Å². The molecule has 0 bridgehead atoms. The van der Waals surface area contributed by atoms with E-state index in [9.17, 15) is 9.90 Å². The Bertz CT molecular complexity index is 134. The third kappa shape index (κ3) is 2.71.